The molecule has 1 aromatic heterocycles. The van der Waals surface area contributed by atoms with E-state index < -0.39 is 0 Å². The van der Waals surface area contributed by atoms with E-state index >= 15 is 0 Å². The van der Waals surface area contributed by atoms with Gasteiger partial charge in [-0.25, -0.2) is 0 Å². The van der Waals surface area contributed by atoms with Crippen LogP contribution in [0, 0.1) is 6.92 Å². The summed E-state index contributed by atoms with van der Waals surface area (Å²) in [6, 6.07) is 9.30. The van der Waals surface area contributed by atoms with Gasteiger partial charge in [0.1, 0.15) is 5.76 Å². The molecule has 0 spiro atoms. The van der Waals surface area contributed by atoms with Crippen LogP contribution in [0.25, 0.3) is 0 Å². The van der Waals surface area contributed by atoms with E-state index in [1.54, 1.807) is 6.21 Å². The summed E-state index contributed by atoms with van der Waals surface area (Å²) in [4.78, 5) is 4.33. The first kappa shape index (κ1) is 11.4. The Morgan fingerprint density at radius 1 is 1.31 bits per heavy atom. The summed E-state index contributed by atoms with van der Waals surface area (Å²) >= 11 is 9.23. The molecule has 0 aliphatic rings. The fourth-order valence-electron chi connectivity index (χ4n) is 1.27. The molecule has 1 aromatic carbocycles. The van der Waals surface area contributed by atoms with E-state index in [1.165, 1.54) is 0 Å². The number of furan rings is 1. The lowest BCUT2D eigenvalue weighted by Crippen LogP contribution is -1.78. The highest BCUT2D eigenvalue weighted by atomic mass is 79.9. The van der Waals surface area contributed by atoms with E-state index in [0.717, 1.165) is 16.3 Å². The van der Waals surface area contributed by atoms with Gasteiger partial charge in [-0.1, -0.05) is 17.7 Å². The molecule has 0 aliphatic heterocycles. The second-order valence-electron chi connectivity index (χ2n) is 3.28. The first-order valence-corrected chi connectivity index (χ1v) is 5.88. The maximum absolute atomic E-state index is 5.99. The van der Waals surface area contributed by atoms with Gasteiger partial charge in [-0.2, -0.15) is 0 Å². The molecule has 2 rings (SSSR count). The maximum atomic E-state index is 5.99. The molecular formula is C12H9BrClNO. The first-order chi connectivity index (χ1) is 7.66. The smallest absolute Gasteiger partial charge is 0.169 e. The van der Waals surface area contributed by atoms with Crippen LogP contribution in [0.2, 0.25) is 5.02 Å². The summed E-state index contributed by atoms with van der Waals surface area (Å²) in [5, 5.41) is 0.718. The number of rotatable bonds is 2. The van der Waals surface area contributed by atoms with Crippen LogP contribution in [0.1, 0.15) is 11.3 Å². The van der Waals surface area contributed by atoms with Crippen LogP contribution >= 0.6 is 27.5 Å². The molecule has 0 fully saturated rings. The van der Waals surface area contributed by atoms with Gasteiger partial charge in [0, 0.05) is 5.02 Å². The Morgan fingerprint density at radius 3 is 2.81 bits per heavy atom. The zero-order valence-corrected chi connectivity index (χ0v) is 10.9. The Labute approximate surface area is 107 Å². The van der Waals surface area contributed by atoms with Gasteiger partial charge in [0.15, 0.2) is 4.67 Å². The molecule has 0 N–H and O–H groups in total. The number of aliphatic imine (C=N–C) groups is 1. The molecule has 2 nitrogen and oxygen atoms in total. The highest BCUT2D eigenvalue weighted by molar-refractivity contribution is 9.10. The average molecular weight is 299 g/mol. The van der Waals surface area contributed by atoms with Gasteiger partial charge in [0.25, 0.3) is 0 Å². The quantitative estimate of drug-likeness (QED) is 0.734. The van der Waals surface area contributed by atoms with E-state index in [9.17, 15) is 0 Å². The van der Waals surface area contributed by atoms with Gasteiger partial charge in [0.05, 0.1) is 11.9 Å². The van der Waals surface area contributed by atoms with Crippen molar-refractivity contribution in [2.75, 3.05) is 0 Å². The lowest BCUT2D eigenvalue weighted by Gasteiger charge is -2.00. The van der Waals surface area contributed by atoms with E-state index in [4.69, 9.17) is 16.0 Å². The summed E-state index contributed by atoms with van der Waals surface area (Å²) in [6.07, 6.45) is 1.67. The zero-order chi connectivity index (χ0) is 11.5. The molecule has 0 amide bonds. The Kier molecular flexibility index (Phi) is 3.46. The number of benzene rings is 1. The summed E-state index contributed by atoms with van der Waals surface area (Å²) in [6.45, 7) is 1.94. The standard InChI is InChI=1S/C12H9BrClNO/c1-8-10(14)3-2-4-11(8)15-7-9-5-6-12(13)16-9/h2-7H,1H3. The Hall–Kier alpha value is -1.06. The van der Waals surface area contributed by atoms with Crippen molar-refractivity contribution in [3.63, 3.8) is 0 Å². The summed E-state index contributed by atoms with van der Waals surface area (Å²) in [5.41, 5.74) is 1.81. The first-order valence-electron chi connectivity index (χ1n) is 4.71. The number of hydrogen-bond donors (Lipinski definition) is 0. The molecule has 82 valence electrons. The molecule has 0 aliphatic carbocycles. The van der Waals surface area contributed by atoms with Crippen molar-refractivity contribution in [2.45, 2.75) is 6.92 Å². The third-order valence-corrected chi connectivity index (χ3v) is 3.00. The van der Waals surface area contributed by atoms with Crippen LogP contribution in [0.15, 0.2) is 44.4 Å². The van der Waals surface area contributed by atoms with Crippen LogP contribution in [0.5, 0.6) is 0 Å². The average Bonchev–Trinajstić information content (AvgIpc) is 2.67. The Bertz CT molecular complexity index is 534. The third-order valence-electron chi connectivity index (χ3n) is 2.16. The molecule has 4 heteroatoms. The lowest BCUT2D eigenvalue weighted by atomic mass is 10.2. The van der Waals surface area contributed by atoms with Gasteiger partial charge >= 0.3 is 0 Å². The van der Waals surface area contributed by atoms with Crippen molar-refractivity contribution >= 4 is 39.4 Å². The second-order valence-corrected chi connectivity index (χ2v) is 4.47. The molecule has 0 radical (unpaired) electrons. The number of halogens is 2. The monoisotopic (exact) mass is 297 g/mol. The maximum Gasteiger partial charge on any atom is 0.169 e. The minimum absolute atomic E-state index is 0.691. The summed E-state index contributed by atoms with van der Waals surface area (Å²) < 4.78 is 6.00. The normalized spacial score (nSPS) is 11.2. The molecule has 0 saturated heterocycles. The fourth-order valence-corrected chi connectivity index (χ4v) is 1.76. The predicted molar refractivity (Wildman–Crippen MR) is 69.9 cm³/mol. The van der Waals surface area contributed by atoms with Gasteiger partial charge in [-0.15, -0.1) is 0 Å². The largest absolute Gasteiger partial charge is 0.448 e. The summed E-state index contributed by atoms with van der Waals surface area (Å²) in [7, 11) is 0. The third kappa shape index (κ3) is 2.54. The predicted octanol–water partition coefficient (Wildman–Crippen LogP) is 4.75. The Morgan fingerprint density at radius 2 is 2.12 bits per heavy atom. The summed E-state index contributed by atoms with van der Waals surface area (Å²) in [5.74, 6) is 0.700. The van der Waals surface area contributed by atoms with E-state index in [2.05, 4.69) is 20.9 Å². The minimum atomic E-state index is 0.691. The second kappa shape index (κ2) is 4.85. The SMILES string of the molecule is Cc1c(Cl)cccc1N=Cc1ccc(Br)o1. The molecular weight excluding hydrogens is 289 g/mol. The molecule has 0 saturated carbocycles. The molecule has 1 heterocycles. The van der Waals surface area contributed by atoms with Crippen LogP contribution in [0.3, 0.4) is 0 Å². The van der Waals surface area contributed by atoms with Crippen LogP contribution in [0.4, 0.5) is 5.69 Å². The number of hydrogen-bond acceptors (Lipinski definition) is 2. The topological polar surface area (TPSA) is 25.5 Å². The van der Waals surface area contributed by atoms with Crippen molar-refractivity contribution in [3.8, 4) is 0 Å². The van der Waals surface area contributed by atoms with Gasteiger partial charge in [0.2, 0.25) is 0 Å². The molecule has 0 bridgehead atoms. The molecule has 0 atom stereocenters. The lowest BCUT2D eigenvalue weighted by molar-refractivity contribution is 0.535. The van der Waals surface area contributed by atoms with Crippen molar-refractivity contribution in [3.05, 3.63) is 51.3 Å². The molecule has 16 heavy (non-hydrogen) atoms. The van der Waals surface area contributed by atoms with E-state index in [-0.39, 0.29) is 0 Å². The van der Waals surface area contributed by atoms with E-state index in [1.807, 2.05) is 37.3 Å². The van der Waals surface area contributed by atoms with Crippen molar-refractivity contribution < 1.29 is 4.42 Å². The van der Waals surface area contributed by atoms with Crippen molar-refractivity contribution in [1.82, 2.24) is 0 Å². The molecule has 2 aromatic rings. The highest BCUT2D eigenvalue weighted by Crippen LogP contribution is 2.25. The van der Waals surface area contributed by atoms with E-state index in [0.29, 0.717) is 10.4 Å². The van der Waals surface area contributed by atoms with Gasteiger partial charge in [-0.05, 0) is 52.7 Å². The Balaban J connectivity index is 2.27. The van der Waals surface area contributed by atoms with Crippen LogP contribution in [-0.2, 0) is 0 Å². The molecule has 0 unspecified atom stereocenters. The van der Waals surface area contributed by atoms with Crippen molar-refractivity contribution in [2.24, 2.45) is 4.99 Å². The number of nitrogens with zero attached hydrogens (tertiary/aromatic N) is 1. The van der Waals surface area contributed by atoms with Crippen molar-refractivity contribution in [1.29, 1.82) is 0 Å². The van der Waals surface area contributed by atoms with Gasteiger partial charge in [-0.3, -0.25) is 4.99 Å². The minimum Gasteiger partial charge on any atom is -0.448 e. The van der Waals surface area contributed by atoms with Crippen LogP contribution in [-0.4, -0.2) is 6.21 Å². The fraction of sp³-hybridized carbons (Fsp3) is 0.0833. The van der Waals surface area contributed by atoms with Gasteiger partial charge < -0.3 is 4.42 Å². The highest BCUT2D eigenvalue weighted by Gasteiger charge is 2.00. The van der Waals surface area contributed by atoms with Crippen LogP contribution < -0.4 is 0 Å². The zero-order valence-electron chi connectivity index (χ0n) is 8.58.